The van der Waals surface area contributed by atoms with E-state index in [0.29, 0.717) is 12.2 Å². The molecule has 2 heteroatoms. The largest absolute Gasteiger partial charge is 0.493 e. The van der Waals surface area contributed by atoms with Gasteiger partial charge in [0, 0.05) is 0 Å². The monoisotopic (exact) mass is 262 g/mol. The van der Waals surface area contributed by atoms with Crippen LogP contribution < -0.4 is 4.74 Å². The van der Waals surface area contributed by atoms with Crippen LogP contribution in [0.2, 0.25) is 0 Å². The summed E-state index contributed by atoms with van der Waals surface area (Å²) in [5.74, 6) is 0.805. The third-order valence-corrected chi connectivity index (χ3v) is 3.27. The zero-order valence-corrected chi connectivity index (χ0v) is 12.5. The molecule has 0 unspecified atom stereocenters. The first-order valence-electron chi connectivity index (χ1n) is 7.39. The van der Waals surface area contributed by atoms with Crippen LogP contribution in [0, 0.1) is 6.92 Å². The fourth-order valence-electron chi connectivity index (χ4n) is 2.10. The molecule has 0 aliphatic carbocycles. The Morgan fingerprint density at radius 2 is 1.79 bits per heavy atom. The predicted octanol–water partition coefficient (Wildman–Crippen LogP) is 4.94. The van der Waals surface area contributed by atoms with Crippen molar-refractivity contribution in [2.75, 3.05) is 6.61 Å². The fraction of sp³-hybridized carbons (Fsp3) is 0.588. The number of ketones is 1. The van der Waals surface area contributed by atoms with E-state index in [1.165, 1.54) is 32.1 Å². The van der Waals surface area contributed by atoms with E-state index < -0.39 is 0 Å². The number of ether oxygens (including phenoxy) is 1. The van der Waals surface area contributed by atoms with Crippen LogP contribution >= 0.6 is 0 Å². The highest BCUT2D eigenvalue weighted by molar-refractivity contribution is 5.96. The molecule has 0 atom stereocenters. The van der Waals surface area contributed by atoms with Crippen LogP contribution in [0.25, 0.3) is 0 Å². The van der Waals surface area contributed by atoms with Crippen molar-refractivity contribution in [2.45, 2.75) is 59.3 Å². The molecule has 1 aromatic carbocycles. The summed E-state index contributed by atoms with van der Waals surface area (Å²) in [6.45, 7) is 6.53. The second kappa shape index (κ2) is 8.73. The Morgan fingerprint density at radius 1 is 1.11 bits per heavy atom. The normalized spacial score (nSPS) is 10.5. The van der Waals surface area contributed by atoms with E-state index in [4.69, 9.17) is 4.74 Å². The van der Waals surface area contributed by atoms with Gasteiger partial charge in [0.2, 0.25) is 0 Å². The molecule has 0 heterocycles. The number of benzene rings is 1. The molecule has 0 aromatic heterocycles. The summed E-state index contributed by atoms with van der Waals surface area (Å²) in [6.07, 6.45) is 7.48. The van der Waals surface area contributed by atoms with Crippen molar-refractivity contribution in [1.82, 2.24) is 0 Å². The quantitative estimate of drug-likeness (QED) is 0.465. The molecule has 0 N–H and O–H groups in total. The van der Waals surface area contributed by atoms with Gasteiger partial charge in [-0.3, -0.25) is 4.79 Å². The summed E-state index contributed by atoms with van der Waals surface area (Å²) >= 11 is 0. The van der Waals surface area contributed by atoms with Gasteiger partial charge in [0.1, 0.15) is 5.75 Å². The third-order valence-electron chi connectivity index (χ3n) is 3.27. The number of hydrogen-bond acceptors (Lipinski definition) is 2. The van der Waals surface area contributed by atoms with Crippen molar-refractivity contribution in [3.8, 4) is 5.75 Å². The van der Waals surface area contributed by atoms with E-state index in [0.717, 1.165) is 17.7 Å². The van der Waals surface area contributed by atoms with Crippen molar-refractivity contribution >= 4 is 5.78 Å². The first-order chi connectivity index (χ1) is 9.15. The van der Waals surface area contributed by atoms with Crippen LogP contribution in [0.4, 0.5) is 0 Å². The van der Waals surface area contributed by atoms with Gasteiger partial charge < -0.3 is 4.74 Å². The number of rotatable bonds is 9. The van der Waals surface area contributed by atoms with E-state index >= 15 is 0 Å². The number of carbonyl (C=O) groups excluding carboxylic acids is 1. The standard InChI is InChI=1S/C17H26O2/c1-4-5-6-7-8-9-12-19-17-13-14(2)10-11-16(17)15(3)18/h10-11,13H,4-9,12H2,1-3H3. The molecule has 1 rings (SSSR count). The van der Waals surface area contributed by atoms with Crippen LogP contribution in [-0.4, -0.2) is 12.4 Å². The molecule has 0 radical (unpaired) electrons. The molecular weight excluding hydrogens is 236 g/mol. The zero-order valence-electron chi connectivity index (χ0n) is 12.5. The average Bonchev–Trinajstić information content (AvgIpc) is 2.37. The van der Waals surface area contributed by atoms with E-state index in [-0.39, 0.29) is 5.78 Å². The first-order valence-corrected chi connectivity index (χ1v) is 7.39. The summed E-state index contributed by atoms with van der Waals surface area (Å²) in [5.41, 5.74) is 1.82. The van der Waals surface area contributed by atoms with Gasteiger partial charge in [-0.15, -0.1) is 0 Å². The summed E-state index contributed by atoms with van der Waals surface area (Å²) < 4.78 is 5.76. The highest BCUT2D eigenvalue weighted by Gasteiger charge is 2.08. The first kappa shape index (κ1) is 15.7. The summed E-state index contributed by atoms with van der Waals surface area (Å²) in [4.78, 5) is 11.5. The molecule has 0 bridgehead atoms. The van der Waals surface area contributed by atoms with Crippen LogP contribution in [0.3, 0.4) is 0 Å². The number of Topliss-reactive ketones (excluding diaryl/α,β-unsaturated/α-hetero) is 1. The summed E-state index contributed by atoms with van der Waals surface area (Å²) in [6, 6.07) is 5.76. The maximum absolute atomic E-state index is 11.5. The van der Waals surface area contributed by atoms with Gasteiger partial charge in [-0.1, -0.05) is 45.1 Å². The van der Waals surface area contributed by atoms with Crippen LogP contribution in [0.15, 0.2) is 18.2 Å². The number of unbranched alkanes of at least 4 members (excludes halogenated alkanes) is 5. The predicted molar refractivity (Wildman–Crippen MR) is 80.1 cm³/mol. The summed E-state index contributed by atoms with van der Waals surface area (Å²) in [5, 5.41) is 0. The van der Waals surface area contributed by atoms with E-state index in [1.54, 1.807) is 6.92 Å². The maximum atomic E-state index is 11.5. The Morgan fingerprint density at radius 3 is 2.47 bits per heavy atom. The van der Waals surface area contributed by atoms with Gasteiger partial charge >= 0.3 is 0 Å². The lowest BCUT2D eigenvalue weighted by Gasteiger charge is -2.10. The highest BCUT2D eigenvalue weighted by Crippen LogP contribution is 2.21. The molecule has 0 amide bonds. The van der Waals surface area contributed by atoms with E-state index in [9.17, 15) is 4.79 Å². The zero-order chi connectivity index (χ0) is 14.1. The lowest BCUT2D eigenvalue weighted by atomic mass is 10.1. The van der Waals surface area contributed by atoms with Gasteiger partial charge in [-0.05, 0) is 38.0 Å². The Hall–Kier alpha value is -1.31. The number of carbonyl (C=O) groups is 1. The van der Waals surface area contributed by atoms with Crippen molar-refractivity contribution in [2.24, 2.45) is 0 Å². The maximum Gasteiger partial charge on any atom is 0.163 e. The molecule has 0 saturated carbocycles. The Bertz CT molecular complexity index is 396. The van der Waals surface area contributed by atoms with E-state index in [1.807, 2.05) is 25.1 Å². The van der Waals surface area contributed by atoms with Crippen molar-refractivity contribution in [3.05, 3.63) is 29.3 Å². The summed E-state index contributed by atoms with van der Waals surface area (Å²) in [7, 11) is 0. The van der Waals surface area contributed by atoms with Gasteiger partial charge in [-0.2, -0.15) is 0 Å². The molecule has 19 heavy (non-hydrogen) atoms. The number of aryl methyl sites for hydroxylation is 1. The molecule has 0 saturated heterocycles. The SMILES string of the molecule is CCCCCCCCOc1cc(C)ccc1C(C)=O. The van der Waals surface area contributed by atoms with Crippen molar-refractivity contribution in [1.29, 1.82) is 0 Å². The molecule has 0 aliphatic heterocycles. The van der Waals surface area contributed by atoms with Gasteiger partial charge in [0.15, 0.2) is 5.78 Å². The molecule has 106 valence electrons. The highest BCUT2D eigenvalue weighted by atomic mass is 16.5. The van der Waals surface area contributed by atoms with Gasteiger partial charge in [-0.25, -0.2) is 0 Å². The minimum atomic E-state index is 0.0675. The average molecular weight is 262 g/mol. The molecule has 0 aliphatic rings. The molecule has 0 spiro atoms. The molecule has 1 aromatic rings. The minimum absolute atomic E-state index is 0.0675. The Balaban J connectivity index is 2.36. The Kier molecular flexibility index (Phi) is 7.24. The van der Waals surface area contributed by atoms with E-state index in [2.05, 4.69) is 6.92 Å². The van der Waals surface area contributed by atoms with Crippen LogP contribution in [0.1, 0.15) is 68.3 Å². The van der Waals surface area contributed by atoms with Gasteiger partial charge in [0.05, 0.1) is 12.2 Å². The smallest absolute Gasteiger partial charge is 0.163 e. The van der Waals surface area contributed by atoms with Crippen LogP contribution in [-0.2, 0) is 0 Å². The minimum Gasteiger partial charge on any atom is -0.493 e. The Labute approximate surface area is 117 Å². The van der Waals surface area contributed by atoms with Crippen molar-refractivity contribution in [3.63, 3.8) is 0 Å². The third kappa shape index (κ3) is 5.91. The lowest BCUT2D eigenvalue weighted by molar-refractivity contribution is 0.101. The topological polar surface area (TPSA) is 26.3 Å². The molecular formula is C17H26O2. The molecule has 0 fully saturated rings. The van der Waals surface area contributed by atoms with Gasteiger partial charge in [0.25, 0.3) is 0 Å². The number of hydrogen-bond donors (Lipinski definition) is 0. The second-order valence-electron chi connectivity index (χ2n) is 5.17. The second-order valence-corrected chi connectivity index (χ2v) is 5.17. The van der Waals surface area contributed by atoms with Crippen molar-refractivity contribution < 1.29 is 9.53 Å². The fourth-order valence-corrected chi connectivity index (χ4v) is 2.10. The molecule has 2 nitrogen and oxygen atoms in total. The lowest BCUT2D eigenvalue weighted by Crippen LogP contribution is -2.03. The van der Waals surface area contributed by atoms with Crippen LogP contribution in [0.5, 0.6) is 5.75 Å².